The van der Waals surface area contributed by atoms with E-state index in [1.807, 2.05) is 6.07 Å². The van der Waals surface area contributed by atoms with Crippen LogP contribution >= 0.6 is 0 Å². The van der Waals surface area contributed by atoms with Crippen LogP contribution in [-0.2, 0) is 21.6 Å². The molecule has 0 aromatic heterocycles. The maximum absolute atomic E-state index is 13.4. The van der Waals surface area contributed by atoms with Crippen molar-refractivity contribution < 1.29 is 4.21 Å². The predicted molar refractivity (Wildman–Crippen MR) is 207 cm³/mol. The number of rotatable bonds is 5. The Morgan fingerprint density at radius 1 is 0.500 bits per heavy atom. The van der Waals surface area contributed by atoms with Gasteiger partial charge in [0.2, 0.25) is 0 Å². The maximum atomic E-state index is 13.4. The van der Waals surface area contributed by atoms with Gasteiger partial charge in [0.25, 0.3) is 0 Å². The molecule has 0 N–H and O–H groups in total. The lowest BCUT2D eigenvalue weighted by atomic mass is 9.61. The van der Waals surface area contributed by atoms with E-state index < -0.39 is 16.2 Å². The summed E-state index contributed by atoms with van der Waals surface area (Å²) in [4.78, 5) is 0.856. The van der Waals surface area contributed by atoms with Crippen LogP contribution < -0.4 is 0 Å². The summed E-state index contributed by atoms with van der Waals surface area (Å²) in [5.74, 6) is 0.431. The monoisotopic (exact) mass is 660 g/mol. The molecule has 7 aromatic carbocycles. The van der Waals surface area contributed by atoms with Crippen LogP contribution in [0.15, 0.2) is 163 Å². The molecule has 2 atom stereocenters. The average Bonchev–Trinajstić information content (AvgIpc) is 3.85. The fraction of sp³-hybridized carbons (Fsp3) is 0.125. The van der Waals surface area contributed by atoms with Gasteiger partial charge in [-0.05, 0) is 95.6 Å². The summed E-state index contributed by atoms with van der Waals surface area (Å²) in [5, 5.41) is 0. The first-order chi connectivity index (χ1) is 24.4. The topological polar surface area (TPSA) is 17.1 Å². The SMILES string of the molecule is CS(=O)c1cc(-c2ccccc2)ccc1-c1ccc2c(c1)-c1ccc3c(c1C2(c1ccccc1)c1ccccc1)C(C)(C)[C@H]1c2cccc-3c21. The molecule has 0 fully saturated rings. The van der Waals surface area contributed by atoms with Crippen molar-refractivity contribution in [1.82, 2.24) is 0 Å². The fourth-order valence-electron chi connectivity index (χ4n) is 9.66. The minimum Gasteiger partial charge on any atom is -0.255 e. The zero-order valence-electron chi connectivity index (χ0n) is 28.4. The number of benzene rings is 7. The Hall–Kier alpha value is -5.31. The van der Waals surface area contributed by atoms with E-state index in [0.29, 0.717) is 5.92 Å². The highest BCUT2D eigenvalue weighted by Gasteiger charge is 2.56. The molecule has 0 amide bonds. The number of hydrogen-bond donors (Lipinski definition) is 0. The molecule has 50 heavy (non-hydrogen) atoms. The van der Waals surface area contributed by atoms with E-state index in [1.54, 1.807) is 6.26 Å². The molecule has 0 saturated carbocycles. The van der Waals surface area contributed by atoms with Gasteiger partial charge >= 0.3 is 0 Å². The van der Waals surface area contributed by atoms with Crippen LogP contribution in [0.1, 0.15) is 58.7 Å². The summed E-state index contributed by atoms with van der Waals surface area (Å²) in [5.41, 5.74) is 18.8. The van der Waals surface area contributed by atoms with E-state index in [0.717, 1.165) is 27.1 Å². The van der Waals surface area contributed by atoms with Gasteiger partial charge in [-0.1, -0.05) is 159 Å². The van der Waals surface area contributed by atoms with Crippen LogP contribution in [-0.4, -0.2) is 10.5 Å². The number of hydrogen-bond acceptors (Lipinski definition) is 1. The molecule has 1 unspecified atom stereocenters. The van der Waals surface area contributed by atoms with E-state index in [2.05, 4.69) is 166 Å². The van der Waals surface area contributed by atoms with Crippen LogP contribution in [0.2, 0.25) is 0 Å². The Kier molecular flexibility index (Phi) is 6.27. The summed E-state index contributed by atoms with van der Waals surface area (Å²) in [6, 6.07) is 57.8. The van der Waals surface area contributed by atoms with Gasteiger partial charge in [-0.25, -0.2) is 0 Å². The minimum absolute atomic E-state index is 0.0867. The molecule has 10 rings (SSSR count). The Labute approximate surface area is 296 Å². The Balaban J connectivity index is 1.28. The summed E-state index contributed by atoms with van der Waals surface area (Å²) in [7, 11) is -1.17. The molecule has 240 valence electrons. The van der Waals surface area contributed by atoms with Crippen LogP contribution in [0.4, 0.5) is 0 Å². The highest BCUT2D eigenvalue weighted by Crippen LogP contribution is 2.68. The van der Waals surface area contributed by atoms with Crippen LogP contribution in [0.5, 0.6) is 0 Å². The van der Waals surface area contributed by atoms with Gasteiger partial charge in [-0.15, -0.1) is 0 Å². The van der Waals surface area contributed by atoms with Crippen molar-refractivity contribution in [3.63, 3.8) is 0 Å². The van der Waals surface area contributed by atoms with Gasteiger partial charge in [0.15, 0.2) is 0 Å². The summed E-state index contributed by atoms with van der Waals surface area (Å²) in [6.45, 7) is 4.93. The lowest BCUT2D eigenvalue weighted by molar-refractivity contribution is 0.497. The Morgan fingerprint density at radius 3 is 1.76 bits per heavy atom. The zero-order chi connectivity index (χ0) is 33.8. The van der Waals surface area contributed by atoms with Crippen molar-refractivity contribution >= 4 is 10.8 Å². The first-order valence-electron chi connectivity index (χ1n) is 17.5. The minimum atomic E-state index is -1.17. The molecule has 0 radical (unpaired) electrons. The largest absolute Gasteiger partial charge is 0.255 e. The van der Waals surface area contributed by atoms with Crippen molar-refractivity contribution in [2.75, 3.05) is 6.26 Å². The molecule has 3 aliphatic rings. The second-order valence-electron chi connectivity index (χ2n) is 14.6. The third-order valence-electron chi connectivity index (χ3n) is 11.7. The van der Waals surface area contributed by atoms with Crippen LogP contribution in [0.25, 0.3) is 44.5 Å². The van der Waals surface area contributed by atoms with Gasteiger partial charge in [0.1, 0.15) is 0 Å². The highest BCUT2D eigenvalue weighted by atomic mass is 32.2. The first-order valence-corrected chi connectivity index (χ1v) is 19.1. The molecule has 0 bridgehead atoms. The summed E-state index contributed by atoms with van der Waals surface area (Å²) >= 11 is 0. The van der Waals surface area contributed by atoms with E-state index in [9.17, 15) is 4.21 Å². The molecular weight excluding hydrogens is 625 g/mol. The van der Waals surface area contributed by atoms with Crippen LogP contribution in [0.3, 0.4) is 0 Å². The van der Waals surface area contributed by atoms with E-state index in [-0.39, 0.29) is 5.41 Å². The molecular formula is C48H36OS. The molecule has 3 aliphatic carbocycles. The molecule has 0 spiro atoms. The second kappa shape index (κ2) is 10.6. The van der Waals surface area contributed by atoms with Crippen LogP contribution in [0, 0.1) is 0 Å². The average molecular weight is 661 g/mol. The van der Waals surface area contributed by atoms with Gasteiger partial charge in [0, 0.05) is 22.5 Å². The molecule has 7 aromatic rings. The van der Waals surface area contributed by atoms with Gasteiger partial charge in [-0.2, -0.15) is 0 Å². The second-order valence-corrected chi connectivity index (χ2v) is 16.0. The van der Waals surface area contributed by atoms with Crippen molar-refractivity contribution in [1.29, 1.82) is 0 Å². The van der Waals surface area contributed by atoms with E-state index in [4.69, 9.17) is 0 Å². The van der Waals surface area contributed by atoms with E-state index >= 15 is 0 Å². The normalized spacial score (nSPS) is 17.2. The van der Waals surface area contributed by atoms with Crippen molar-refractivity contribution in [3.8, 4) is 44.5 Å². The molecule has 1 nitrogen and oxygen atoms in total. The lowest BCUT2D eigenvalue weighted by Crippen LogP contribution is -2.34. The molecule has 2 heteroatoms. The third kappa shape index (κ3) is 3.91. The molecule has 0 heterocycles. The van der Waals surface area contributed by atoms with E-state index in [1.165, 1.54) is 61.2 Å². The third-order valence-corrected chi connectivity index (χ3v) is 12.7. The predicted octanol–water partition coefficient (Wildman–Crippen LogP) is 11.5. The summed E-state index contributed by atoms with van der Waals surface area (Å²) in [6.07, 6.45) is 1.79. The maximum Gasteiger partial charge on any atom is 0.0716 e. The standard InChI is InChI=1S/C48H36OS/c1-47(2)44-39-21-13-20-36(43(39)44)37-25-26-38-40-28-32(35-24-22-31(29-42(35)50(3)49)30-14-7-4-8-15-30)23-27-41(40)48(46(38)45(37)47,33-16-9-5-10-17-33)34-18-11-6-12-19-34/h4-29,44H,1-3H3/t44-,50?/m0/s1. The lowest BCUT2D eigenvalue weighted by Gasteiger charge is -2.41. The van der Waals surface area contributed by atoms with Gasteiger partial charge in [-0.3, -0.25) is 4.21 Å². The smallest absolute Gasteiger partial charge is 0.0716 e. The summed E-state index contributed by atoms with van der Waals surface area (Å²) < 4.78 is 13.4. The fourth-order valence-corrected chi connectivity index (χ4v) is 10.4. The van der Waals surface area contributed by atoms with Gasteiger partial charge < -0.3 is 0 Å². The van der Waals surface area contributed by atoms with Crippen molar-refractivity contribution in [2.45, 2.75) is 35.5 Å². The van der Waals surface area contributed by atoms with Gasteiger partial charge in [0.05, 0.1) is 16.2 Å². The quantitative estimate of drug-likeness (QED) is 0.180. The zero-order valence-corrected chi connectivity index (χ0v) is 29.2. The Morgan fingerprint density at radius 2 is 1.10 bits per heavy atom. The van der Waals surface area contributed by atoms with Crippen molar-refractivity contribution in [3.05, 3.63) is 197 Å². The highest BCUT2D eigenvalue weighted by molar-refractivity contribution is 7.84. The molecule has 0 saturated heterocycles. The first kappa shape index (κ1) is 29.6. The van der Waals surface area contributed by atoms with Crippen molar-refractivity contribution in [2.24, 2.45) is 0 Å². The number of fused-ring (bicyclic) bond motifs is 7. The Bertz CT molecular complexity index is 2490. The molecule has 0 aliphatic heterocycles.